The molecule has 0 aliphatic carbocycles. The Morgan fingerprint density at radius 2 is 1.80 bits per heavy atom. The summed E-state index contributed by atoms with van der Waals surface area (Å²) in [6, 6.07) is 3.71. The first-order valence-corrected chi connectivity index (χ1v) is 8.14. The number of rotatable bonds is 6. The minimum absolute atomic E-state index is 0. The van der Waals surface area contributed by atoms with Gasteiger partial charge in [-0.05, 0) is 37.6 Å². The molecule has 1 heterocycles. The summed E-state index contributed by atoms with van der Waals surface area (Å²) in [4.78, 5) is 7.18. The predicted octanol–water partition coefficient (Wildman–Crippen LogP) is 4.34. The zero-order valence-corrected chi connectivity index (χ0v) is 15.8. The SMILES string of the molecule is Cc1cc(CN(C)Cc2cnc(N)s2)cc(C)c1OCC(F)(F)F.Cl. The second kappa shape index (κ2) is 8.73. The molecule has 0 aliphatic rings. The minimum Gasteiger partial charge on any atom is -0.484 e. The Balaban J connectivity index is 0.00000312. The predicted molar refractivity (Wildman–Crippen MR) is 96.4 cm³/mol. The van der Waals surface area contributed by atoms with Gasteiger partial charge in [0.25, 0.3) is 0 Å². The van der Waals surface area contributed by atoms with Crippen molar-refractivity contribution in [2.24, 2.45) is 0 Å². The monoisotopic (exact) mass is 395 g/mol. The van der Waals surface area contributed by atoms with Crippen LogP contribution in [0.15, 0.2) is 18.3 Å². The quantitative estimate of drug-likeness (QED) is 0.790. The van der Waals surface area contributed by atoms with Crippen molar-refractivity contribution in [1.82, 2.24) is 9.88 Å². The number of nitrogen functional groups attached to an aromatic ring is 1. The summed E-state index contributed by atoms with van der Waals surface area (Å²) in [7, 11) is 1.97. The number of nitrogens with two attached hydrogens (primary N) is 1. The molecule has 0 atom stereocenters. The van der Waals surface area contributed by atoms with E-state index in [-0.39, 0.29) is 12.4 Å². The molecule has 25 heavy (non-hydrogen) atoms. The van der Waals surface area contributed by atoms with Crippen molar-refractivity contribution in [2.45, 2.75) is 33.1 Å². The van der Waals surface area contributed by atoms with Crippen molar-refractivity contribution >= 4 is 28.9 Å². The van der Waals surface area contributed by atoms with Crippen molar-refractivity contribution in [1.29, 1.82) is 0 Å². The van der Waals surface area contributed by atoms with Crippen LogP contribution < -0.4 is 10.5 Å². The zero-order valence-electron chi connectivity index (χ0n) is 14.2. The fourth-order valence-corrected chi connectivity index (χ4v) is 3.31. The highest BCUT2D eigenvalue weighted by Gasteiger charge is 2.29. The smallest absolute Gasteiger partial charge is 0.422 e. The Kier molecular flexibility index (Phi) is 7.52. The van der Waals surface area contributed by atoms with Crippen LogP contribution in [0.3, 0.4) is 0 Å². The third-order valence-corrected chi connectivity index (χ3v) is 4.16. The van der Waals surface area contributed by atoms with Crippen molar-refractivity contribution < 1.29 is 17.9 Å². The number of hydrogen-bond acceptors (Lipinski definition) is 5. The van der Waals surface area contributed by atoms with E-state index < -0.39 is 12.8 Å². The number of aryl methyl sites for hydroxylation is 2. The average molecular weight is 396 g/mol. The van der Waals surface area contributed by atoms with Crippen LogP contribution in [-0.2, 0) is 13.1 Å². The average Bonchev–Trinajstić information content (AvgIpc) is 2.81. The van der Waals surface area contributed by atoms with Gasteiger partial charge in [-0.15, -0.1) is 23.7 Å². The standard InChI is InChI=1S/C16H20F3N3OS.ClH/c1-10-4-12(5-11(2)14(10)23-9-16(17,18)19)7-22(3)8-13-6-21-15(20)24-13;/h4-6H,7-9H2,1-3H3,(H2,20,21);1H. The fraction of sp³-hybridized carbons (Fsp3) is 0.438. The van der Waals surface area contributed by atoms with Crippen molar-refractivity contribution in [3.8, 4) is 5.75 Å². The molecule has 2 N–H and O–H groups in total. The molecular weight excluding hydrogens is 375 g/mol. The van der Waals surface area contributed by atoms with Gasteiger partial charge in [0.05, 0.1) is 0 Å². The summed E-state index contributed by atoms with van der Waals surface area (Å²) in [6.07, 6.45) is -2.59. The van der Waals surface area contributed by atoms with Crippen molar-refractivity contribution in [2.75, 3.05) is 19.4 Å². The number of benzene rings is 1. The van der Waals surface area contributed by atoms with E-state index >= 15 is 0 Å². The van der Waals surface area contributed by atoms with E-state index in [1.807, 2.05) is 19.2 Å². The summed E-state index contributed by atoms with van der Waals surface area (Å²) >= 11 is 1.44. The molecule has 2 rings (SSSR count). The van der Waals surface area contributed by atoms with E-state index in [4.69, 9.17) is 10.5 Å². The summed E-state index contributed by atoms with van der Waals surface area (Å²) in [5.74, 6) is 0.300. The number of nitrogens with zero attached hydrogens (tertiary/aromatic N) is 2. The van der Waals surface area contributed by atoms with Crippen LogP contribution in [-0.4, -0.2) is 29.7 Å². The molecule has 0 unspecified atom stereocenters. The Morgan fingerprint density at radius 1 is 1.20 bits per heavy atom. The number of thiazole rings is 1. The Labute approximate surface area is 155 Å². The first kappa shape index (κ1) is 21.5. The molecule has 0 saturated carbocycles. The number of aromatic nitrogens is 1. The molecule has 140 valence electrons. The number of alkyl halides is 3. The lowest BCUT2D eigenvalue weighted by Crippen LogP contribution is -2.20. The maximum absolute atomic E-state index is 12.3. The number of halogens is 4. The molecule has 0 radical (unpaired) electrons. The van der Waals surface area contributed by atoms with Crippen LogP contribution in [0.25, 0.3) is 0 Å². The van der Waals surface area contributed by atoms with Crippen LogP contribution in [0, 0.1) is 13.8 Å². The largest absolute Gasteiger partial charge is 0.484 e. The molecule has 9 heteroatoms. The molecule has 0 saturated heterocycles. The highest BCUT2D eigenvalue weighted by Crippen LogP contribution is 2.28. The van der Waals surface area contributed by atoms with Gasteiger partial charge < -0.3 is 10.5 Å². The third-order valence-electron chi connectivity index (χ3n) is 3.35. The van der Waals surface area contributed by atoms with Crippen LogP contribution in [0.1, 0.15) is 21.6 Å². The Bertz CT molecular complexity index is 683. The third kappa shape index (κ3) is 6.72. The summed E-state index contributed by atoms with van der Waals surface area (Å²) in [5.41, 5.74) is 8.03. The van der Waals surface area contributed by atoms with Crippen molar-refractivity contribution in [3.63, 3.8) is 0 Å². The summed E-state index contributed by atoms with van der Waals surface area (Å²) < 4.78 is 41.9. The van der Waals surface area contributed by atoms with Crippen LogP contribution >= 0.6 is 23.7 Å². The molecule has 0 fully saturated rings. The van der Waals surface area contributed by atoms with E-state index in [0.717, 1.165) is 10.4 Å². The second-order valence-electron chi connectivity index (χ2n) is 5.80. The van der Waals surface area contributed by atoms with Gasteiger partial charge in [0.15, 0.2) is 11.7 Å². The molecule has 0 bridgehead atoms. The molecule has 0 spiro atoms. The van der Waals surface area contributed by atoms with Crippen LogP contribution in [0.5, 0.6) is 5.75 Å². The van der Waals surface area contributed by atoms with E-state index in [0.29, 0.717) is 35.1 Å². The Hall–Kier alpha value is -1.51. The topological polar surface area (TPSA) is 51.4 Å². The fourth-order valence-electron chi connectivity index (χ4n) is 2.54. The Morgan fingerprint density at radius 3 is 2.28 bits per heavy atom. The van der Waals surface area contributed by atoms with Gasteiger partial charge in [-0.25, -0.2) is 4.98 Å². The lowest BCUT2D eigenvalue weighted by atomic mass is 10.1. The summed E-state index contributed by atoms with van der Waals surface area (Å²) in [5, 5.41) is 0.538. The molecule has 1 aromatic carbocycles. The number of hydrogen-bond donors (Lipinski definition) is 1. The minimum atomic E-state index is -4.34. The van der Waals surface area contributed by atoms with Gasteiger partial charge in [-0.3, -0.25) is 4.90 Å². The number of ether oxygens (including phenoxy) is 1. The van der Waals surface area contributed by atoms with Gasteiger partial charge in [0.1, 0.15) is 5.75 Å². The van der Waals surface area contributed by atoms with Gasteiger partial charge in [-0.1, -0.05) is 12.1 Å². The van der Waals surface area contributed by atoms with E-state index in [2.05, 4.69) is 9.88 Å². The molecule has 0 amide bonds. The van der Waals surface area contributed by atoms with Gasteiger partial charge in [0.2, 0.25) is 0 Å². The van der Waals surface area contributed by atoms with Gasteiger partial charge in [-0.2, -0.15) is 13.2 Å². The summed E-state index contributed by atoms with van der Waals surface area (Å²) in [6.45, 7) is 3.61. The second-order valence-corrected chi connectivity index (χ2v) is 6.95. The lowest BCUT2D eigenvalue weighted by molar-refractivity contribution is -0.153. The van der Waals surface area contributed by atoms with Crippen molar-refractivity contribution in [3.05, 3.63) is 39.9 Å². The normalized spacial score (nSPS) is 11.5. The first-order valence-electron chi connectivity index (χ1n) is 7.32. The molecular formula is C16H21ClF3N3OS. The lowest BCUT2D eigenvalue weighted by Gasteiger charge is -2.19. The molecule has 1 aromatic heterocycles. The number of anilines is 1. The molecule has 2 aromatic rings. The highest BCUT2D eigenvalue weighted by molar-refractivity contribution is 7.15. The van der Waals surface area contributed by atoms with E-state index in [1.54, 1.807) is 20.0 Å². The maximum Gasteiger partial charge on any atom is 0.422 e. The van der Waals surface area contributed by atoms with E-state index in [1.165, 1.54) is 11.3 Å². The highest BCUT2D eigenvalue weighted by atomic mass is 35.5. The maximum atomic E-state index is 12.3. The van der Waals surface area contributed by atoms with Gasteiger partial charge in [0, 0.05) is 24.2 Å². The van der Waals surface area contributed by atoms with Crippen LogP contribution in [0.4, 0.5) is 18.3 Å². The molecule has 4 nitrogen and oxygen atoms in total. The van der Waals surface area contributed by atoms with E-state index in [9.17, 15) is 13.2 Å². The molecule has 0 aliphatic heterocycles. The van der Waals surface area contributed by atoms with Crippen LogP contribution in [0.2, 0.25) is 0 Å². The first-order chi connectivity index (χ1) is 11.1. The zero-order chi connectivity index (χ0) is 17.9. The van der Waals surface area contributed by atoms with Gasteiger partial charge >= 0.3 is 6.18 Å².